The van der Waals surface area contributed by atoms with E-state index in [9.17, 15) is 14.4 Å². The van der Waals surface area contributed by atoms with Gasteiger partial charge in [0.05, 0.1) is 18.4 Å². The zero-order chi connectivity index (χ0) is 24.2. The van der Waals surface area contributed by atoms with Crippen LogP contribution in [0.5, 0.6) is 11.5 Å². The summed E-state index contributed by atoms with van der Waals surface area (Å²) >= 11 is 0. The molecule has 0 fully saturated rings. The van der Waals surface area contributed by atoms with E-state index in [0.29, 0.717) is 45.8 Å². The van der Waals surface area contributed by atoms with Crippen LogP contribution in [0.2, 0.25) is 0 Å². The number of benzene rings is 3. The quantitative estimate of drug-likeness (QED) is 0.214. The van der Waals surface area contributed by atoms with Gasteiger partial charge in [0.25, 0.3) is 5.91 Å². The van der Waals surface area contributed by atoms with Crippen molar-refractivity contribution < 1.29 is 28.3 Å². The highest BCUT2D eigenvalue weighted by Crippen LogP contribution is 2.30. The number of hydrogen-bond donors (Lipinski definition) is 1. The molecule has 4 aromatic rings. The smallest absolute Gasteiger partial charge is 0.310 e. The van der Waals surface area contributed by atoms with Crippen molar-refractivity contribution in [2.24, 2.45) is 0 Å². The molecule has 1 N–H and O–H groups in total. The van der Waals surface area contributed by atoms with E-state index in [1.54, 1.807) is 57.4 Å². The number of ether oxygens (including phenoxy) is 2. The summed E-state index contributed by atoms with van der Waals surface area (Å²) in [4.78, 5) is 36.3. The van der Waals surface area contributed by atoms with Crippen LogP contribution in [0.3, 0.4) is 0 Å². The van der Waals surface area contributed by atoms with E-state index >= 15 is 0 Å². The first-order valence-electron chi connectivity index (χ1n) is 10.7. The summed E-state index contributed by atoms with van der Waals surface area (Å²) in [6.07, 6.45) is 0.932. The van der Waals surface area contributed by atoms with Gasteiger partial charge < -0.3 is 19.2 Å². The standard InChI is InChI=1S/C27H23NO6/c1-4-26(30)34-22-10-7-18-13-24(20(15-29)11-19(18)12-22)28-27(31)23-14-25(33-16(23)2)17-5-8-21(32-3)9-6-17/h5-15H,4H2,1-3H3,(H,28,31). The monoisotopic (exact) mass is 457 g/mol. The molecule has 0 saturated heterocycles. The molecule has 34 heavy (non-hydrogen) atoms. The van der Waals surface area contributed by atoms with Crippen molar-refractivity contribution in [3.63, 3.8) is 0 Å². The van der Waals surface area contributed by atoms with Crippen molar-refractivity contribution in [3.05, 3.63) is 77.6 Å². The minimum Gasteiger partial charge on any atom is -0.497 e. The number of aldehydes is 1. The fourth-order valence-electron chi connectivity index (χ4n) is 3.56. The van der Waals surface area contributed by atoms with Gasteiger partial charge in [-0.25, -0.2) is 0 Å². The molecule has 0 radical (unpaired) electrons. The molecule has 0 aliphatic carbocycles. The Morgan fingerprint density at radius 3 is 2.38 bits per heavy atom. The lowest BCUT2D eigenvalue weighted by molar-refractivity contribution is -0.134. The Bertz CT molecular complexity index is 1380. The van der Waals surface area contributed by atoms with Crippen LogP contribution in [0, 0.1) is 6.92 Å². The molecule has 1 heterocycles. The molecule has 4 rings (SSSR count). The second-order valence-electron chi connectivity index (χ2n) is 7.66. The van der Waals surface area contributed by atoms with Crippen molar-refractivity contribution in [2.75, 3.05) is 12.4 Å². The lowest BCUT2D eigenvalue weighted by Gasteiger charge is -2.10. The highest BCUT2D eigenvalue weighted by atomic mass is 16.5. The summed E-state index contributed by atoms with van der Waals surface area (Å²) in [7, 11) is 1.59. The third-order valence-corrected chi connectivity index (χ3v) is 5.41. The largest absolute Gasteiger partial charge is 0.497 e. The van der Waals surface area contributed by atoms with E-state index in [1.165, 1.54) is 0 Å². The van der Waals surface area contributed by atoms with Crippen LogP contribution in [0.4, 0.5) is 5.69 Å². The number of methoxy groups -OCH3 is 1. The molecular formula is C27H23NO6. The predicted molar refractivity (Wildman–Crippen MR) is 129 cm³/mol. The van der Waals surface area contributed by atoms with Crippen LogP contribution in [-0.4, -0.2) is 25.3 Å². The lowest BCUT2D eigenvalue weighted by Crippen LogP contribution is -2.13. The Hall–Kier alpha value is -4.39. The van der Waals surface area contributed by atoms with Crippen molar-refractivity contribution in [3.8, 4) is 22.8 Å². The molecule has 0 unspecified atom stereocenters. The van der Waals surface area contributed by atoms with Gasteiger partial charge in [-0.2, -0.15) is 0 Å². The highest BCUT2D eigenvalue weighted by Gasteiger charge is 2.18. The summed E-state index contributed by atoms with van der Waals surface area (Å²) in [6, 6.07) is 17.5. The average Bonchev–Trinajstić information content (AvgIpc) is 3.25. The van der Waals surface area contributed by atoms with E-state index in [-0.39, 0.29) is 12.4 Å². The maximum Gasteiger partial charge on any atom is 0.310 e. The Morgan fingerprint density at radius 1 is 0.971 bits per heavy atom. The molecule has 3 aromatic carbocycles. The van der Waals surface area contributed by atoms with Crippen LogP contribution in [0.1, 0.15) is 39.8 Å². The van der Waals surface area contributed by atoms with Gasteiger partial charge in [-0.3, -0.25) is 14.4 Å². The molecule has 0 aliphatic rings. The SMILES string of the molecule is CCC(=O)Oc1ccc2cc(NC(=O)c3cc(-c4ccc(OC)cc4)oc3C)c(C=O)cc2c1. The van der Waals surface area contributed by atoms with Gasteiger partial charge in [-0.15, -0.1) is 0 Å². The van der Waals surface area contributed by atoms with E-state index in [2.05, 4.69) is 5.32 Å². The van der Waals surface area contributed by atoms with Crippen LogP contribution in [0.25, 0.3) is 22.1 Å². The maximum absolute atomic E-state index is 13.0. The molecule has 0 aliphatic heterocycles. The van der Waals surface area contributed by atoms with Crippen molar-refractivity contribution in [1.82, 2.24) is 0 Å². The van der Waals surface area contributed by atoms with Gasteiger partial charge in [-0.05, 0) is 72.3 Å². The lowest BCUT2D eigenvalue weighted by atomic mass is 10.0. The second kappa shape index (κ2) is 9.62. The third-order valence-electron chi connectivity index (χ3n) is 5.41. The highest BCUT2D eigenvalue weighted by molar-refractivity contribution is 6.09. The van der Waals surface area contributed by atoms with Crippen LogP contribution >= 0.6 is 0 Å². The number of esters is 1. The van der Waals surface area contributed by atoms with Gasteiger partial charge in [0.2, 0.25) is 0 Å². The summed E-state index contributed by atoms with van der Waals surface area (Å²) in [6.45, 7) is 3.42. The number of rotatable bonds is 7. The molecule has 1 amide bonds. The maximum atomic E-state index is 13.0. The van der Waals surface area contributed by atoms with Gasteiger partial charge in [0.15, 0.2) is 6.29 Å². The fraction of sp³-hybridized carbons (Fsp3) is 0.148. The molecule has 0 bridgehead atoms. The topological polar surface area (TPSA) is 94.8 Å². The summed E-state index contributed by atoms with van der Waals surface area (Å²) in [5, 5.41) is 4.30. The predicted octanol–water partition coefficient (Wildman–Crippen LogP) is 5.80. The molecule has 0 spiro atoms. The van der Waals surface area contributed by atoms with Gasteiger partial charge in [0.1, 0.15) is 23.0 Å². The number of nitrogens with one attached hydrogen (secondary N) is 1. The molecule has 7 heteroatoms. The number of carbonyl (C=O) groups excluding carboxylic acids is 3. The molecular weight excluding hydrogens is 434 g/mol. The fourth-order valence-corrected chi connectivity index (χ4v) is 3.56. The van der Waals surface area contributed by atoms with E-state index in [4.69, 9.17) is 13.9 Å². The van der Waals surface area contributed by atoms with Gasteiger partial charge in [-0.1, -0.05) is 13.0 Å². The Labute approximate surface area is 196 Å². The van der Waals surface area contributed by atoms with Crippen molar-refractivity contribution in [2.45, 2.75) is 20.3 Å². The normalized spacial score (nSPS) is 10.7. The van der Waals surface area contributed by atoms with E-state index in [0.717, 1.165) is 16.7 Å². The Morgan fingerprint density at radius 2 is 1.71 bits per heavy atom. The molecule has 0 saturated carbocycles. The van der Waals surface area contributed by atoms with Crippen LogP contribution in [-0.2, 0) is 4.79 Å². The number of carbonyl (C=O) groups is 3. The molecule has 172 valence electrons. The van der Waals surface area contributed by atoms with E-state index < -0.39 is 5.91 Å². The number of fused-ring (bicyclic) bond motifs is 1. The first-order chi connectivity index (χ1) is 16.4. The minimum atomic E-state index is -0.392. The molecule has 1 aromatic heterocycles. The third kappa shape index (κ3) is 4.68. The first kappa shape index (κ1) is 22.8. The number of aryl methyl sites for hydroxylation is 1. The zero-order valence-corrected chi connectivity index (χ0v) is 19.0. The number of anilines is 1. The summed E-state index contributed by atoms with van der Waals surface area (Å²) in [5.74, 6) is 1.39. The van der Waals surface area contributed by atoms with Crippen LogP contribution in [0.15, 0.2) is 65.1 Å². The second-order valence-corrected chi connectivity index (χ2v) is 7.66. The first-order valence-corrected chi connectivity index (χ1v) is 10.7. The Balaban J connectivity index is 1.60. The molecule has 0 atom stereocenters. The van der Waals surface area contributed by atoms with Gasteiger partial charge >= 0.3 is 5.97 Å². The van der Waals surface area contributed by atoms with Crippen molar-refractivity contribution in [1.29, 1.82) is 0 Å². The average molecular weight is 457 g/mol. The molecule has 7 nitrogen and oxygen atoms in total. The van der Waals surface area contributed by atoms with Crippen LogP contribution < -0.4 is 14.8 Å². The minimum absolute atomic E-state index is 0.260. The number of hydrogen-bond acceptors (Lipinski definition) is 6. The van der Waals surface area contributed by atoms with E-state index in [1.807, 2.05) is 24.3 Å². The summed E-state index contributed by atoms with van der Waals surface area (Å²) in [5.41, 5.74) is 1.85. The number of amides is 1. The summed E-state index contributed by atoms with van der Waals surface area (Å²) < 4.78 is 16.2. The van der Waals surface area contributed by atoms with Gasteiger partial charge in [0, 0.05) is 17.5 Å². The number of furan rings is 1. The Kier molecular flexibility index (Phi) is 6.45. The zero-order valence-electron chi connectivity index (χ0n) is 19.0. The van der Waals surface area contributed by atoms with Crippen molar-refractivity contribution >= 4 is 34.6 Å².